The molecule has 132 valence electrons. The van der Waals surface area contributed by atoms with E-state index in [-0.39, 0.29) is 11.9 Å². The summed E-state index contributed by atoms with van der Waals surface area (Å²) in [6.45, 7) is 2.28. The molecule has 1 aliphatic heterocycles. The molecule has 2 heterocycles. The van der Waals surface area contributed by atoms with E-state index in [0.29, 0.717) is 40.6 Å². The fourth-order valence-corrected chi connectivity index (χ4v) is 3.90. The average molecular weight is 382 g/mol. The van der Waals surface area contributed by atoms with Crippen LogP contribution in [0.2, 0.25) is 5.02 Å². The zero-order chi connectivity index (χ0) is 18.0. The summed E-state index contributed by atoms with van der Waals surface area (Å²) in [5.41, 5.74) is 5.75. The monoisotopic (exact) mass is 381 g/mol. The van der Waals surface area contributed by atoms with Gasteiger partial charge in [0.1, 0.15) is 10.7 Å². The van der Waals surface area contributed by atoms with E-state index in [0.717, 1.165) is 0 Å². The maximum Gasteiger partial charge on any atom is 0.282 e. The summed E-state index contributed by atoms with van der Waals surface area (Å²) in [5, 5.41) is 4.87. The van der Waals surface area contributed by atoms with Crippen LogP contribution in [0.4, 0.5) is 10.1 Å². The second kappa shape index (κ2) is 7.01. The van der Waals surface area contributed by atoms with Crippen LogP contribution < -0.4 is 11.1 Å². The van der Waals surface area contributed by atoms with Crippen molar-refractivity contribution in [3.05, 3.63) is 50.9 Å². The number of hydrogen-bond acceptors (Lipinski definition) is 5. The van der Waals surface area contributed by atoms with Gasteiger partial charge in [-0.05, 0) is 36.1 Å². The largest absolute Gasteiger partial charge is 0.465 e. The molecule has 2 aromatic rings. The lowest BCUT2D eigenvalue weighted by atomic mass is 9.84. The SMILES string of the molecule is CC[C@@]1(c2cc(NC(=O)c3sccc3Cl)ccc2F)CCOC(N)=N1. The minimum atomic E-state index is -0.798. The van der Waals surface area contributed by atoms with E-state index in [1.165, 1.54) is 23.5 Å². The first kappa shape index (κ1) is 17.7. The number of benzene rings is 1. The highest BCUT2D eigenvalue weighted by Crippen LogP contribution is 2.38. The third-order valence-corrected chi connectivity index (χ3v) is 5.56. The molecule has 1 aliphatic rings. The summed E-state index contributed by atoms with van der Waals surface area (Å²) >= 11 is 7.23. The standard InChI is InChI=1S/C17H17ClFN3O2S/c1-2-17(6-7-24-16(20)22-17)11-9-10(3-4-13(11)19)21-15(23)14-12(18)5-8-25-14/h3-5,8-9H,2,6-7H2,1H3,(H2,20,22)(H,21,23)/t17-/m0/s1. The lowest BCUT2D eigenvalue weighted by molar-refractivity contribution is 0.103. The van der Waals surface area contributed by atoms with Crippen molar-refractivity contribution in [3.8, 4) is 0 Å². The number of nitrogens with one attached hydrogen (secondary N) is 1. The molecule has 1 atom stereocenters. The topological polar surface area (TPSA) is 76.7 Å². The number of aliphatic imine (C=N–C) groups is 1. The lowest BCUT2D eigenvalue weighted by Crippen LogP contribution is -2.36. The minimum absolute atomic E-state index is 0.0484. The molecule has 0 bridgehead atoms. The quantitative estimate of drug-likeness (QED) is 0.835. The molecule has 8 heteroatoms. The number of carbonyl (C=O) groups is 1. The van der Waals surface area contributed by atoms with E-state index >= 15 is 0 Å². The molecule has 25 heavy (non-hydrogen) atoms. The molecule has 0 unspecified atom stereocenters. The highest BCUT2D eigenvalue weighted by Gasteiger charge is 2.36. The second-order valence-electron chi connectivity index (χ2n) is 5.68. The molecular formula is C17H17ClFN3O2S. The van der Waals surface area contributed by atoms with Gasteiger partial charge in [0.15, 0.2) is 0 Å². The van der Waals surface area contributed by atoms with Crippen molar-refractivity contribution in [2.75, 3.05) is 11.9 Å². The Bertz CT molecular complexity index is 839. The number of anilines is 1. The van der Waals surface area contributed by atoms with Gasteiger partial charge in [0.05, 0.1) is 17.2 Å². The van der Waals surface area contributed by atoms with Crippen molar-refractivity contribution in [2.24, 2.45) is 10.7 Å². The Morgan fingerprint density at radius 1 is 1.52 bits per heavy atom. The summed E-state index contributed by atoms with van der Waals surface area (Å²) in [6, 6.07) is 6.13. The highest BCUT2D eigenvalue weighted by atomic mass is 35.5. The van der Waals surface area contributed by atoms with Gasteiger partial charge in [0.25, 0.3) is 11.9 Å². The number of amidine groups is 1. The predicted octanol–water partition coefficient (Wildman–Crippen LogP) is 4.13. The smallest absolute Gasteiger partial charge is 0.282 e. The molecule has 0 saturated heterocycles. The highest BCUT2D eigenvalue weighted by molar-refractivity contribution is 7.12. The van der Waals surface area contributed by atoms with E-state index in [1.54, 1.807) is 17.5 Å². The third kappa shape index (κ3) is 3.48. The van der Waals surface area contributed by atoms with Crippen molar-refractivity contribution in [3.63, 3.8) is 0 Å². The van der Waals surface area contributed by atoms with Gasteiger partial charge in [-0.2, -0.15) is 0 Å². The molecule has 0 radical (unpaired) electrons. The zero-order valence-electron chi connectivity index (χ0n) is 13.5. The Kier molecular flexibility index (Phi) is 4.96. The molecule has 3 N–H and O–H groups in total. The van der Waals surface area contributed by atoms with Crippen LogP contribution in [0.3, 0.4) is 0 Å². The summed E-state index contributed by atoms with van der Waals surface area (Å²) in [7, 11) is 0. The van der Waals surface area contributed by atoms with Gasteiger partial charge >= 0.3 is 0 Å². The molecule has 3 rings (SSSR count). The van der Waals surface area contributed by atoms with Crippen LogP contribution in [0.5, 0.6) is 0 Å². The first-order valence-corrected chi connectivity index (χ1v) is 9.03. The van der Waals surface area contributed by atoms with E-state index in [2.05, 4.69) is 10.3 Å². The molecule has 1 amide bonds. The van der Waals surface area contributed by atoms with Gasteiger partial charge in [0.2, 0.25) is 0 Å². The van der Waals surface area contributed by atoms with E-state index < -0.39 is 11.4 Å². The number of amides is 1. The van der Waals surface area contributed by atoms with Gasteiger partial charge in [-0.25, -0.2) is 9.38 Å². The van der Waals surface area contributed by atoms with Crippen LogP contribution in [-0.2, 0) is 10.3 Å². The van der Waals surface area contributed by atoms with Crippen molar-refractivity contribution in [2.45, 2.75) is 25.3 Å². The molecular weight excluding hydrogens is 365 g/mol. The van der Waals surface area contributed by atoms with Crippen molar-refractivity contribution >= 4 is 40.6 Å². The lowest BCUT2D eigenvalue weighted by Gasteiger charge is -2.33. The molecule has 5 nitrogen and oxygen atoms in total. The molecule has 0 aliphatic carbocycles. The number of thiophene rings is 1. The number of rotatable bonds is 4. The number of nitrogens with zero attached hydrogens (tertiary/aromatic N) is 1. The fourth-order valence-electron chi connectivity index (χ4n) is 2.87. The van der Waals surface area contributed by atoms with Gasteiger partial charge in [-0.3, -0.25) is 4.79 Å². The molecule has 0 spiro atoms. The number of hydrogen-bond donors (Lipinski definition) is 2. The van der Waals surface area contributed by atoms with Crippen LogP contribution in [0.25, 0.3) is 0 Å². The minimum Gasteiger partial charge on any atom is -0.465 e. The summed E-state index contributed by atoms with van der Waals surface area (Å²) in [4.78, 5) is 17.1. The first-order valence-electron chi connectivity index (χ1n) is 7.77. The Balaban J connectivity index is 1.94. The summed E-state index contributed by atoms with van der Waals surface area (Å²) in [5.74, 6) is -0.731. The van der Waals surface area contributed by atoms with E-state index in [1.807, 2.05) is 6.92 Å². The Labute approximate surface area is 153 Å². The van der Waals surface area contributed by atoms with Crippen LogP contribution in [-0.4, -0.2) is 18.5 Å². The average Bonchev–Trinajstić information content (AvgIpc) is 3.02. The van der Waals surface area contributed by atoms with Gasteiger partial charge in [-0.1, -0.05) is 18.5 Å². The van der Waals surface area contributed by atoms with Crippen molar-refractivity contribution in [1.29, 1.82) is 0 Å². The van der Waals surface area contributed by atoms with Crippen LogP contribution >= 0.6 is 22.9 Å². The van der Waals surface area contributed by atoms with E-state index in [9.17, 15) is 9.18 Å². The van der Waals surface area contributed by atoms with Crippen molar-refractivity contribution in [1.82, 2.24) is 0 Å². The Hall–Kier alpha value is -2.12. The van der Waals surface area contributed by atoms with Crippen LogP contribution in [0.15, 0.2) is 34.6 Å². The molecule has 0 saturated carbocycles. The van der Waals surface area contributed by atoms with Crippen molar-refractivity contribution < 1.29 is 13.9 Å². The fraction of sp³-hybridized carbons (Fsp3) is 0.294. The van der Waals surface area contributed by atoms with Crippen LogP contribution in [0, 0.1) is 5.82 Å². The second-order valence-corrected chi connectivity index (χ2v) is 7.00. The molecule has 0 fully saturated rings. The third-order valence-electron chi connectivity index (χ3n) is 4.22. The summed E-state index contributed by atoms with van der Waals surface area (Å²) in [6.07, 6.45) is 1.07. The zero-order valence-corrected chi connectivity index (χ0v) is 15.1. The number of halogens is 2. The maximum atomic E-state index is 14.5. The van der Waals surface area contributed by atoms with Crippen LogP contribution in [0.1, 0.15) is 35.0 Å². The number of carbonyl (C=O) groups excluding carboxylic acids is 1. The van der Waals surface area contributed by atoms with Gasteiger partial charge in [0, 0.05) is 17.7 Å². The Morgan fingerprint density at radius 3 is 2.96 bits per heavy atom. The van der Waals surface area contributed by atoms with Gasteiger partial charge < -0.3 is 15.8 Å². The summed E-state index contributed by atoms with van der Waals surface area (Å²) < 4.78 is 19.7. The number of ether oxygens (including phenoxy) is 1. The normalized spacial score (nSPS) is 19.9. The predicted molar refractivity (Wildman–Crippen MR) is 97.8 cm³/mol. The van der Waals surface area contributed by atoms with E-state index in [4.69, 9.17) is 22.1 Å². The molecule has 1 aromatic heterocycles. The Morgan fingerprint density at radius 2 is 2.32 bits per heavy atom. The van der Waals surface area contributed by atoms with Gasteiger partial charge in [-0.15, -0.1) is 11.3 Å². The first-order chi connectivity index (χ1) is 11.9. The maximum absolute atomic E-state index is 14.5. The number of nitrogens with two attached hydrogens (primary N) is 1. The molecule has 1 aromatic carbocycles.